The van der Waals surface area contributed by atoms with E-state index in [2.05, 4.69) is 29.4 Å². The first-order valence-corrected chi connectivity index (χ1v) is 18.3. The highest BCUT2D eigenvalue weighted by atomic mass is 35.5. The maximum Gasteiger partial charge on any atom is 0.124 e. The van der Waals surface area contributed by atoms with Crippen molar-refractivity contribution in [2.45, 2.75) is 39.3 Å². The Labute approximate surface area is 309 Å². The Bertz CT molecular complexity index is 1710. The van der Waals surface area contributed by atoms with Crippen molar-refractivity contribution >= 4 is 23.2 Å². The van der Waals surface area contributed by atoms with Crippen LogP contribution in [0.4, 0.5) is 0 Å². The summed E-state index contributed by atoms with van der Waals surface area (Å²) in [7, 11) is 0. The van der Waals surface area contributed by atoms with Crippen LogP contribution in [0.3, 0.4) is 0 Å². The van der Waals surface area contributed by atoms with E-state index in [9.17, 15) is 20.4 Å². The fourth-order valence-corrected chi connectivity index (χ4v) is 8.07. The number of nitrogens with zero attached hydrogens (tertiary/aromatic N) is 6. The minimum atomic E-state index is 0.287. The van der Waals surface area contributed by atoms with Crippen molar-refractivity contribution < 1.29 is 20.4 Å². The molecule has 3 saturated heterocycles. The van der Waals surface area contributed by atoms with E-state index >= 15 is 0 Å². The van der Waals surface area contributed by atoms with Gasteiger partial charge in [0.1, 0.15) is 23.0 Å². The normalized spacial score (nSPS) is 18.4. The predicted octanol–water partition coefficient (Wildman–Crippen LogP) is 5.64. The number of aromatic hydroxyl groups is 4. The van der Waals surface area contributed by atoms with Gasteiger partial charge in [-0.1, -0.05) is 59.6 Å². The lowest BCUT2D eigenvalue weighted by Crippen LogP contribution is -2.26. The minimum Gasteiger partial charge on any atom is -0.508 e. The number of phenols is 4. The van der Waals surface area contributed by atoms with E-state index in [4.69, 9.17) is 23.2 Å². The third-order valence-electron chi connectivity index (χ3n) is 10.2. The molecule has 3 fully saturated rings. The summed E-state index contributed by atoms with van der Waals surface area (Å²) in [4.78, 5) is 13.7. The largest absolute Gasteiger partial charge is 0.508 e. The van der Waals surface area contributed by atoms with E-state index < -0.39 is 0 Å². The van der Waals surface area contributed by atoms with Gasteiger partial charge in [-0.3, -0.25) is 29.4 Å². The monoisotopic (exact) mass is 732 g/mol. The number of hydrogen-bond donors (Lipinski definition) is 4. The van der Waals surface area contributed by atoms with E-state index in [1.165, 1.54) is 0 Å². The Balaban J connectivity index is 0.928. The molecule has 7 rings (SSSR count). The van der Waals surface area contributed by atoms with Crippen molar-refractivity contribution in [2.24, 2.45) is 0 Å². The van der Waals surface area contributed by atoms with Crippen molar-refractivity contribution in [1.82, 2.24) is 29.4 Å². The van der Waals surface area contributed by atoms with Gasteiger partial charge in [-0.2, -0.15) is 0 Å². The molecule has 0 spiro atoms. The zero-order chi connectivity index (χ0) is 35.5. The fourth-order valence-electron chi connectivity index (χ4n) is 7.55. The number of phenolic OH excluding ortho intramolecular Hbond substituents is 4. The fraction of sp³-hybridized carbons (Fsp3) is 0.385. The van der Waals surface area contributed by atoms with Crippen LogP contribution in [0, 0.1) is 0 Å². The van der Waals surface area contributed by atoms with Crippen molar-refractivity contribution in [3.05, 3.63) is 116 Å². The van der Waals surface area contributed by atoms with E-state index in [0.717, 1.165) is 86.0 Å². The molecule has 12 heteroatoms. The molecule has 3 aliphatic heterocycles. The molecule has 4 aromatic rings. The van der Waals surface area contributed by atoms with Gasteiger partial charge in [-0.15, -0.1) is 0 Å². The van der Waals surface area contributed by atoms with Crippen LogP contribution < -0.4 is 0 Å². The Morgan fingerprint density at radius 1 is 0.392 bits per heavy atom. The van der Waals surface area contributed by atoms with Gasteiger partial charge in [0.15, 0.2) is 0 Å². The number of rotatable bonds is 12. The zero-order valence-electron chi connectivity index (χ0n) is 28.8. The highest BCUT2D eigenvalue weighted by molar-refractivity contribution is 6.31. The van der Waals surface area contributed by atoms with Gasteiger partial charge in [0.05, 0.1) is 20.0 Å². The number of hydrogen-bond acceptors (Lipinski definition) is 10. The summed E-state index contributed by atoms with van der Waals surface area (Å²) in [5.74, 6) is 1.20. The van der Waals surface area contributed by atoms with Crippen LogP contribution in [-0.4, -0.2) is 109 Å². The van der Waals surface area contributed by atoms with Crippen LogP contribution in [0.1, 0.15) is 33.4 Å². The molecule has 4 aromatic carbocycles. The zero-order valence-corrected chi connectivity index (χ0v) is 30.3. The van der Waals surface area contributed by atoms with Gasteiger partial charge >= 0.3 is 0 Å². The number of halogens is 2. The topological polar surface area (TPSA) is 100 Å². The van der Waals surface area contributed by atoms with Gasteiger partial charge in [-0.05, 0) is 36.4 Å². The van der Waals surface area contributed by atoms with E-state index in [0.29, 0.717) is 67.5 Å². The molecule has 0 atom stereocenters. The maximum atomic E-state index is 11.4. The average Bonchev–Trinajstić information content (AvgIpc) is 3.86. The Morgan fingerprint density at radius 2 is 0.647 bits per heavy atom. The van der Waals surface area contributed by atoms with Crippen LogP contribution in [0.5, 0.6) is 23.0 Å². The molecule has 0 radical (unpaired) electrons. The third-order valence-corrected chi connectivity index (χ3v) is 10.6. The first-order chi connectivity index (χ1) is 24.7. The average molecular weight is 734 g/mol. The van der Waals surface area contributed by atoms with Crippen molar-refractivity contribution in [2.75, 3.05) is 59.3 Å². The van der Waals surface area contributed by atoms with E-state index in [-0.39, 0.29) is 11.5 Å². The first kappa shape index (κ1) is 35.8. The molecule has 0 aliphatic carbocycles. The van der Waals surface area contributed by atoms with Crippen molar-refractivity contribution in [3.8, 4) is 23.0 Å². The standard InChI is InChI=1S/C39H46Cl2N6O4/c40-34-15-30(21-44-11-9-42(25-44)19-28-5-1-3-7-36(28)48)38(50)32(17-34)23-46-13-14-47(27-46)24-33-18-35(41)16-31(39(33)51)22-45-12-10-43(26-45)20-29-6-2-4-8-37(29)49/h1-8,15-18,48-51H,9-14,19-27H2. The molecule has 0 amide bonds. The van der Waals surface area contributed by atoms with Crippen LogP contribution in [0.25, 0.3) is 0 Å². The second-order valence-electron chi connectivity index (χ2n) is 14.1. The smallest absolute Gasteiger partial charge is 0.124 e. The maximum absolute atomic E-state index is 11.4. The number of benzene rings is 4. The SMILES string of the molecule is Oc1ccccc1CN1CCN(Cc2cc(Cl)cc(CN3CCN(Cc4cc(Cl)cc(CN5CCN(Cc6ccccc6O)C5)c4O)C3)c2O)C1. The van der Waals surface area contributed by atoms with Crippen LogP contribution in [0.15, 0.2) is 72.8 Å². The summed E-state index contributed by atoms with van der Waals surface area (Å²) in [6, 6.07) is 22.3. The summed E-state index contributed by atoms with van der Waals surface area (Å²) < 4.78 is 0. The van der Waals surface area contributed by atoms with Crippen LogP contribution in [0.2, 0.25) is 10.0 Å². The molecule has 3 heterocycles. The molecule has 0 saturated carbocycles. The minimum absolute atomic E-state index is 0.287. The molecule has 0 unspecified atom stereocenters. The molecule has 270 valence electrons. The lowest BCUT2D eigenvalue weighted by Gasteiger charge is -2.23. The summed E-state index contributed by atoms with van der Waals surface area (Å²) in [5, 5.41) is 44.3. The second-order valence-corrected chi connectivity index (χ2v) is 15.0. The molecule has 4 N–H and O–H groups in total. The van der Waals surface area contributed by atoms with Gasteiger partial charge in [0, 0.05) is 122 Å². The molecular formula is C39H46Cl2N6O4. The first-order valence-electron chi connectivity index (χ1n) is 17.5. The quantitative estimate of drug-likeness (QED) is 0.147. The van der Waals surface area contributed by atoms with Crippen LogP contribution in [-0.2, 0) is 39.3 Å². The van der Waals surface area contributed by atoms with E-state index in [1.807, 2.05) is 60.7 Å². The van der Waals surface area contributed by atoms with Gasteiger partial charge < -0.3 is 20.4 Å². The molecular weight excluding hydrogens is 687 g/mol. The van der Waals surface area contributed by atoms with E-state index in [1.54, 1.807) is 12.1 Å². The van der Waals surface area contributed by atoms with Gasteiger partial charge in [0.2, 0.25) is 0 Å². The summed E-state index contributed by atoms with van der Waals surface area (Å²) in [6.07, 6.45) is 0. The highest BCUT2D eigenvalue weighted by Gasteiger charge is 2.27. The third kappa shape index (κ3) is 8.90. The Hall–Kier alpha value is -3.58. The van der Waals surface area contributed by atoms with Crippen molar-refractivity contribution in [3.63, 3.8) is 0 Å². The molecule has 3 aliphatic rings. The van der Waals surface area contributed by atoms with Crippen LogP contribution >= 0.6 is 23.2 Å². The molecule has 0 bridgehead atoms. The molecule has 51 heavy (non-hydrogen) atoms. The van der Waals surface area contributed by atoms with Gasteiger partial charge in [0.25, 0.3) is 0 Å². The summed E-state index contributed by atoms with van der Waals surface area (Å²) in [5.41, 5.74) is 5.06. The predicted molar refractivity (Wildman–Crippen MR) is 200 cm³/mol. The number of para-hydroxylation sites is 2. The molecule has 0 aromatic heterocycles. The summed E-state index contributed by atoms with van der Waals surface area (Å²) >= 11 is 13.2. The van der Waals surface area contributed by atoms with Crippen molar-refractivity contribution in [1.29, 1.82) is 0 Å². The Morgan fingerprint density at radius 3 is 0.922 bits per heavy atom. The lowest BCUT2D eigenvalue weighted by atomic mass is 10.1. The Kier molecular flexibility index (Phi) is 11.2. The second kappa shape index (κ2) is 16.0. The lowest BCUT2D eigenvalue weighted by molar-refractivity contribution is 0.226. The highest BCUT2D eigenvalue weighted by Crippen LogP contribution is 2.33. The summed E-state index contributed by atoms with van der Waals surface area (Å²) in [6.45, 7) is 11.0. The van der Waals surface area contributed by atoms with Gasteiger partial charge in [-0.25, -0.2) is 0 Å². The molecule has 10 nitrogen and oxygen atoms in total.